The van der Waals surface area contributed by atoms with Crippen LogP contribution < -0.4 is 0 Å². The number of ketones is 1. The highest BCUT2D eigenvalue weighted by atomic mass is 16.1. The van der Waals surface area contributed by atoms with E-state index in [-0.39, 0.29) is 10.8 Å². The predicted octanol–water partition coefficient (Wildman–Crippen LogP) is 6.71. The minimum absolute atomic E-state index is 0.101. The van der Waals surface area contributed by atoms with E-state index in [2.05, 4.69) is 39.8 Å². The zero-order valence-electron chi connectivity index (χ0n) is 19.0. The summed E-state index contributed by atoms with van der Waals surface area (Å²) in [6.07, 6.45) is 13.8. The van der Waals surface area contributed by atoms with Gasteiger partial charge in [0.1, 0.15) is 0 Å². The van der Waals surface area contributed by atoms with Crippen molar-refractivity contribution in [1.82, 2.24) is 0 Å². The maximum atomic E-state index is 12.3. The van der Waals surface area contributed by atoms with Crippen molar-refractivity contribution in [1.29, 1.82) is 5.26 Å². The molecule has 5 rings (SSSR count). The Balaban J connectivity index is 1.42. The normalized spacial score (nSPS) is 51.1. The molecule has 5 aliphatic rings. The molecular weight excluding hydrogens is 354 g/mol. The summed E-state index contributed by atoms with van der Waals surface area (Å²) in [5.41, 5.74) is 1.89. The second-order valence-electron chi connectivity index (χ2n) is 12.0. The van der Waals surface area contributed by atoms with Crippen LogP contribution in [0.5, 0.6) is 0 Å². The zero-order chi connectivity index (χ0) is 20.6. The van der Waals surface area contributed by atoms with Gasteiger partial charge in [0.15, 0.2) is 5.78 Å². The molecule has 0 aromatic heterocycles. The van der Waals surface area contributed by atoms with Crippen LogP contribution in [0.15, 0.2) is 11.6 Å². The van der Waals surface area contributed by atoms with Crippen molar-refractivity contribution in [3.63, 3.8) is 0 Å². The lowest BCUT2D eigenvalue weighted by Gasteiger charge is -2.56. The molecule has 158 valence electrons. The van der Waals surface area contributed by atoms with Gasteiger partial charge < -0.3 is 0 Å². The van der Waals surface area contributed by atoms with Gasteiger partial charge in [-0.15, -0.1) is 0 Å². The van der Waals surface area contributed by atoms with Crippen LogP contribution in [-0.4, -0.2) is 5.78 Å². The van der Waals surface area contributed by atoms with E-state index in [9.17, 15) is 10.1 Å². The summed E-state index contributed by atoms with van der Waals surface area (Å²) < 4.78 is 0. The molecule has 8 atom stereocenters. The lowest BCUT2D eigenvalue weighted by atomic mass is 9.48. The van der Waals surface area contributed by atoms with Crippen LogP contribution in [0, 0.1) is 63.1 Å². The van der Waals surface area contributed by atoms with E-state index in [4.69, 9.17) is 0 Å². The molecule has 4 fully saturated rings. The fourth-order valence-corrected chi connectivity index (χ4v) is 8.85. The summed E-state index contributed by atoms with van der Waals surface area (Å²) in [6, 6.07) is 2.89. The van der Waals surface area contributed by atoms with Gasteiger partial charge >= 0.3 is 0 Å². The van der Waals surface area contributed by atoms with E-state index >= 15 is 0 Å². The zero-order valence-corrected chi connectivity index (χ0v) is 19.0. The molecule has 2 nitrogen and oxygen atoms in total. The van der Waals surface area contributed by atoms with Crippen LogP contribution >= 0.6 is 0 Å². The van der Waals surface area contributed by atoms with Crippen LogP contribution in [0.1, 0.15) is 91.9 Å². The van der Waals surface area contributed by atoms with E-state index in [1.165, 1.54) is 44.1 Å². The highest BCUT2D eigenvalue weighted by Gasteiger charge is 2.77. The Bertz CT molecular complexity index is 787. The third-order valence-electron chi connectivity index (χ3n) is 10.8. The molecule has 2 heteroatoms. The molecular formula is C27H39NO. The monoisotopic (exact) mass is 393 g/mol. The number of carbonyl (C=O) groups is 1. The van der Waals surface area contributed by atoms with Gasteiger partial charge in [-0.2, -0.15) is 5.26 Å². The third-order valence-corrected chi connectivity index (χ3v) is 10.8. The minimum Gasteiger partial charge on any atom is -0.295 e. The first-order chi connectivity index (χ1) is 13.8. The highest BCUT2D eigenvalue weighted by Crippen LogP contribution is 2.81. The molecule has 0 spiro atoms. The fourth-order valence-electron chi connectivity index (χ4n) is 8.85. The van der Waals surface area contributed by atoms with Crippen molar-refractivity contribution in [3.05, 3.63) is 11.6 Å². The smallest absolute Gasteiger partial charge is 0.155 e. The third kappa shape index (κ3) is 2.68. The van der Waals surface area contributed by atoms with Gasteiger partial charge in [0.05, 0.1) is 11.5 Å². The van der Waals surface area contributed by atoms with E-state index < -0.39 is 0 Å². The molecule has 0 radical (unpaired) electrons. The topological polar surface area (TPSA) is 40.9 Å². The van der Waals surface area contributed by atoms with Crippen molar-refractivity contribution in [2.24, 2.45) is 51.8 Å². The number of nitrogens with zero attached hydrogens (tertiary/aromatic N) is 1. The molecule has 29 heavy (non-hydrogen) atoms. The van der Waals surface area contributed by atoms with Crippen LogP contribution in [0.4, 0.5) is 0 Å². The van der Waals surface area contributed by atoms with Gasteiger partial charge in [-0.1, -0.05) is 46.1 Å². The average Bonchev–Trinajstić information content (AvgIpc) is 3.61. The van der Waals surface area contributed by atoms with Gasteiger partial charge in [-0.25, -0.2) is 0 Å². The van der Waals surface area contributed by atoms with Gasteiger partial charge in [-0.3, -0.25) is 4.79 Å². The first-order valence-electron chi connectivity index (χ1n) is 12.4. The molecule has 0 aromatic carbocycles. The second kappa shape index (κ2) is 6.45. The number of allylic oxidation sites excluding steroid dienone is 2. The molecule has 0 amide bonds. The van der Waals surface area contributed by atoms with Gasteiger partial charge in [-0.05, 0) is 97.4 Å². The maximum absolute atomic E-state index is 12.3. The van der Waals surface area contributed by atoms with E-state index in [0.29, 0.717) is 29.0 Å². The Morgan fingerprint density at radius 3 is 2.62 bits per heavy atom. The predicted molar refractivity (Wildman–Crippen MR) is 116 cm³/mol. The summed E-state index contributed by atoms with van der Waals surface area (Å²) >= 11 is 0. The molecule has 0 aromatic rings. The summed E-state index contributed by atoms with van der Waals surface area (Å²) in [7, 11) is 0. The summed E-state index contributed by atoms with van der Waals surface area (Å²) in [6.45, 7) is 9.68. The van der Waals surface area contributed by atoms with Crippen LogP contribution in [0.2, 0.25) is 0 Å². The number of rotatable bonds is 5. The largest absolute Gasteiger partial charge is 0.295 e. The Morgan fingerprint density at radius 2 is 1.97 bits per heavy atom. The Labute approximate surface area is 177 Å². The maximum Gasteiger partial charge on any atom is 0.155 e. The number of nitriles is 1. The highest BCUT2D eigenvalue weighted by molar-refractivity contribution is 5.91. The minimum atomic E-state index is -0.101. The van der Waals surface area contributed by atoms with Crippen LogP contribution in [0.3, 0.4) is 0 Å². The average molecular weight is 394 g/mol. The molecule has 0 unspecified atom stereocenters. The van der Waals surface area contributed by atoms with Crippen molar-refractivity contribution in [2.75, 3.05) is 0 Å². The molecule has 0 aliphatic heterocycles. The van der Waals surface area contributed by atoms with Gasteiger partial charge in [0.25, 0.3) is 0 Å². The Hall–Kier alpha value is -1.10. The SMILES string of the molecule is CC[C@]1(C#N)[C@H]2[C@@H](C)[C@H]2[C@H]2C[C@@](C)([C@H]3CCC(=O)C=C3CCC3CC3)CC[C@@]21C. The molecule has 4 saturated carbocycles. The molecule has 0 saturated heterocycles. The Morgan fingerprint density at radius 1 is 1.21 bits per heavy atom. The first kappa shape index (κ1) is 19.8. The lowest BCUT2D eigenvalue weighted by molar-refractivity contribution is -0.116. The van der Waals surface area contributed by atoms with Crippen molar-refractivity contribution in [2.45, 2.75) is 91.9 Å². The summed E-state index contributed by atoms with van der Waals surface area (Å²) in [4.78, 5) is 12.3. The van der Waals surface area contributed by atoms with E-state index in [1.807, 2.05) is 0 Å². The van der Waals surface area contributed by atoms with Crippen LogP contribution in [-0.2, 0) is 4.79 Å². The van der Waals surface area contributed by atoms with Crippen molar-refractivity contribution < 1.29 is 4.79 Å². The Kier molecular flexibility index (Phi) is 4.41. The lowest BCUT2D eigenvalue weighted by Crippen LogP contribution is -2.49. The molecule has 5 aliphatic carbocycles. The van der Waals surface area contributed by atoms with Gasteiger partial charge in [0, 0.05) is 6.42 Å². The van der Waals surface area contributed by atoms with E-state index in [1.54, 1.807) is 0 Å². The summed E-state index contributed by atoms with van der Waals surface area (Å²) in [5, 5.41) is 10.3. The standard InChI is InChI=1S/C27H39NO/c1-5-27(16-28)24-17(2)23(24)22-15-25(3,12-13-26(22,27)4)21-11-10-20(29)14-19(21)9-8-18-6-7-18/h14,17-18,21-24H,5-13,15H2,1-4H3/t17-,21-,22+,23-,24-,25-,26-,27-/m0/s1. The summed E-state index contributed by atoms with van der Waals surface area (Å²) in [5.74, 6) is 4.71. The van der Waals surface area contributed by atoms with Crippen molar-refractivity contribution >= 4 is 5.78 Å². The number of carbonyl (C=O) groups excluding carboxylic acids is 1. The quantitative estimate of drug-likeness (QED) is 0.521. The number of fused-ring (bicyclic) bond motifs is 3. The second-order valence-corrected chi connectivity index (χ2v) is 12.0. The van der Waals surface area contributed by atoms with Gasteiger partial charge in [0.2, 0.25) is 0 Å². The number of hydrogen-bond donors (Lipinski definition) is 0. The number of hydrogen-bond acceptors (Lipinski definition) is 2. The first-order valence-corrected chi connectivity index (χ1v) is 12.4. The molecule has 0 bridgehead atoms. The van der Waals surface area contributed by atoms with E-state index in [0.717, 1.165) is 43.4 Å². The molecule has 0 N–H and O–H groups in total. The van der Waals surface area contributed by atoms with Crippen molar-refractivity contribution in [3.8, 4) is 6.07 Å². The molecule has 0 heterocycles. The van der Waals surface area contributed by atoms with Crippen LogP contribution in [0.25, 0.3) is 0 Å². The fraction of sp³-hybridized carbons (Fsp3) is 0.852.